The van der Waals surface area contributed by atoms with Crippen molar-refractivity contribution in [1.82, 2.24) is 14.8 Å². The molecule has 3 heterocycles. The molecule has 112 valence electrons. The van der Waals surface area contributed by atoms with E-state index in [1.54, 1.807) is 16.0 Å². The molecule has 6 nitrogen and oxygen atoms in total. The number of carbonyl (C=O) groups is 1. The molecular formula is C14H18N4O2S. The van der Waals surface area contributed by atoms with Gasteiger partial charge < -0.3 is 10.1 Å². The molecule has 2 aromatic rings. The molecule has 0 spiro atoms. The van der Waals surface area contributed by atoms with E-state index in [1.165, 1.54) is 0 Å². The van der Waals surface area contributed by atoms with Crippen molar-refractivity contribution >= 4 is 23.3 Å². The first kappa shape index (κ1) is 14.1. The van der Waals surface area contributed by atoms with Gasteiger partial charge in [-0.25, -0.2) is 4.68 Å². The summed E-state index contributed by atoms with van der Waals surface area (Å²) in [6, 6.07) is 1.99. The van der Waals surface area contributed by atoms with E-state index in [-0.39, 0.29) is 17.9 Å². The Hall–Kier alpha value is -1.89. The van der Waals surface area contributed by atoms with Crippen LogP contribution < -0.4 is 5.32 Å². The highest BCUT2D eigenvalue weighted by molar-refractivity contribution is 7.13. The Morgan fingerprint density at radius 3 is 3.10 bits per heavy atom. The van der Waals surface area contributed by atoms with Gasteiger partial charge in [0, 0.05) is 6.54 Å². The number of carbonyl (C=O) groups excluding carboxylic acids is 1. The standard InChI is InChI=1S/C14H18N4O2S/c1-4-20-13(19)10-7-15-14-16-12(17-18(14)9(10)3)11-8(2)5-6-21-11/h5-6,9-10H,4,7H2,1-3H3,(H,15,16,17). The van der Waals surface area contributed by atoms with Gasteiger partial charge in [-0.2, -0.15) is 4.98 Å². The number of fused-ring (bicyclic) bond motifs is 1. The van der Waals surface area contributed by atoms with Crippen molar-refractivity contribution in [2.24, 2.45) is 5.92 Å². The first-order valence-corrected chi connectivity index (χ1v) is 7.91. The number of anilines is 1. The number of nitrogens with zero attached hydrogens (tertiary/aromatic N) is 3. The second-order valence-electron chi connectivity index (χ2n) is 5.12. The van der Waals surface area contributed by atoms with Gasteiger partial charge in [0.25, 0.3) is 0 Å². The summed E-state index contributed by atoms with van der Waals surface area (Å²) in [5.74, 6) is 0.996. The molecule has 7 heteroatoms. The number of aromatic nitrogens is 3. The Balaban J connectivity index is 1.90. The van der Waals surface area contributed by atoms with E-state index in [4.69, 9.17) is 4.74 Å². The Bertz CT molecular complexity index is 664. The molecule has 0 amide bonds. The van der Waals surface area contributed by atoms with Gasteiger partial charge in [0.15, 0.2) is 5.82 Å². The van der Waals surface area contributed by atoms with E-state index < -0.39 is 0 Å². The summed E-state index contributed by atoms with van der Waals surface area (Å²) in [7, 11) is 0. The van der Waals surface area contributed by atoms with Crippen molar-refractivity contribution < 1.29 is 9.53 Å². The van der Waals surface area contributed by atoms with Crippen LogP contribution in [-0.2, 0) is 9.53 Å². The maximum atomic E-state index is 12.0. The van der Waals surface area contributed by atoms with Gasteiger partial charge >= 0.3 is 5.97 Å². The molecule has 2 aromatic heterocycles. The fraction of sp³-hybridized carbons (Fsp3) is 0.500. The zero-order valence-electron chi connectivity index (χ0n) is 12.3. The molecule has 0 saturated heterocycles. The molecule has 0 fully saturated rings. The average Bonchev–Trinajstić information content (AvgIpc) is 3.05. The Morgan fingerprint density at radius 1 is 1.62 bits per heavy atom. The molecule has 0 aliphatic carbocycles. The summed E-state index contributed by atoms with van der Waals surface area (Å²) in [6.07, 6.45) is 0. The Morgan fingerprint density at radius 2 is 2.43 bits per heavy atom. The van der Waals surface area contributed by atoms with Gasteiger partial charge in [-0.05, 0) is 37.8 Å². The topological polar surface area (TPSA) is 69.0 Å². The highest BCUT2D eigenvalue weighted by Crippen LogP contribution is 2.32. The van der Waals surface area contributed by atoms with Crippen LogP contribution in [0.5, 0.6) is 0 Å². The summed E-state index contributed by atoms with van der Waals surface area (Å²) in [5.41, 5.74) is 1.16. The van der Waals surface area contributed by atoms with E-state index in [1.807, 2.05) is 26.2 Å². The number of aryl methyl sites for hydroxylation is 1. The number of esters is 1. The van der Waals surface area contributed by atoms with Crippen LogP contribution in [0.2, 0.25) is 0 Å². The lowest BCUT2D eigenvalue weighted by atomic mass is 10.0. The van der Waals surface area contributed by atoms with Crippen LogP contribution in [-0.4, -0.2) is 33.9 Å². The zero-order valence-corrected chi connectivity index (χ0v) is 13.1. The van der Waals surface area contributed by atoms with Crippen molar-refractivity contribution in [2.45, 2.75) is 26.8 Å². The highest BCUT2D eigenvalue weighted by Gasteiger charge is 2.34. The molecule has 2 unspecified atom stereocenters. The van der Waals surface area contributed by atoms with Gasteiger partial charge in [-0.15, -0.1) is 16.4 Å². The number of ether oxygens (including phenoxy) is 1. The molecule has 0 bridgehead atoms. The van der Waals surface area contributed by atoms with Crippen molar-refractivity contribution in [1.29, 1.82) is 0 Å². The lowest BCUT2D eigenvalue weighted by Gasteiger charge is -2.28. The summed E-state index contributed by atoms with van der Waals surface area (Å²) >= 11 is 1.62. The number of hydrogen-bond acceptors (Lipinski definition) is 6. The van der Waals surface area contributed by atoms with Gasteiger partial charge in [0.2, 0.25) is 5.95 Å². The van der Waals surface area contributed by atoms with Gasteiger partial charge in [0.05, 0.1) is 23.4 Å². The third-order valence-electron chi connectivity index (χ3n) is 3.73. The molecule has 1 N–H and O–H groups in total. The molecule has 0 radical (unpaired) electrons. The Labute approximate surface area is 127 Å². The number of thiophene rings is 1. The predicted molar refractivity (Wildman–Crippen MR) is 81.4 cm³/mol. The lowest BCUT2D eigenvalue weighted by Crippen LogP contribution is -2.37. The number of hydrogen-bond donors (Lipinski definition) is 1. The SMILES string of the molecule is CCOC(=O)C1CNc2nc(-c3sccc3C)nn2C1C. The average molecular weight is 306 g/mol. The van der Waals surface area contributed by atoms with Crippen LogP contribution in [0.25, 0.3) is 10.7 Å². The molecule has 1 aliphatic heterocycles. The molecule has 1 aliphatic rings. The van der Waals surface area contributed by atoms with E-state index in [2.05, 4.69) is 21.5 Å². The fourth-order valence-electron chi connectivity index (χ4n) is 2.50. The molecule has 0 saturated carbocycles. The number of rotatable bonds is 3. The first-order chi connectivity index (χ1) is 10.1. The van der Waals surface area contributed by atoms with Crippen molar-refractivity contribution in [2.75, 3.05) is 18.5 Å². The zero-order chi connectivity index (χ0) is 15.0. The van der Waals surface area contributed by atoms with Crippen LogP contribution in [0.3, 0.4) is 0 Å². The number of nitrogens with one attached hydrogen (secondary N) is 1. The largest absolute Gasteiger partial charge is 0.466 e. The van der Waals surface area contributed by atoms with Crippen LogP contribution in [0.15, 0.2) is 11.4 Å². The molecule has 21 heavy (non-hydrogen) atoms. The van der Waals surface area contributed by atoms with Crippen molar-refractivity contribution in [3.05, 3.63) is 17.0 Å². The summed E-state index contributed by atoms with van der Waals surface area (Å²) < 4.78 is 6.92. The quantitative estimate of drug-likeness (QED) is 0.882. The van der Waals surface area contributed by atoms with E-state index in [0.717, 1.165) is 10.4 Å². The third kappa shape index (κ3) is 2.42. The molecule has 2 atom stereocenters. The normalized spacial score (nSPS) is 20.7. The van der Waals surface area contributed by atoms with E-state index in [0.29, 0.717) is 24.9 Å². The molecule has 3 rings (SSSR count). The summed E-state index contributed by atoms with van der Waals surface area (Å²) in [6.45, 7) is 6.76. The monoisotopic (exact) mass is 306 g/mol. The van der Waals surface area contributed by atoms with Crippen LogP contribution >= 0.6 is 11.3 Å². The van der Waals surface area contributed by atoms with Crippen LogP contribution in [0.4, 0.5) is 5.95 Å². The Kier molecular flexibility index (Phi) is 3.67. The smallest absolute Gasteiger partial charge is 0.312 e. The molecular weight excluding hydrogens is 288 g/mol. The first-order valence-electron chi connectivity index (χ1n) is 7.03. The van der Waals surface area contributed by atoms with Crippen LogP contribution in [0.1, 0.15) is 25.5 Å². The predicted octanol–water partition coefficient (Wildman–Crippen LogP) is 2.48. The fourth-order valence-corrected chi connectivity index (χ4v) is 3.35. The van der Waals surface area contributed by atoms with Gasteiger partial charge in [0.1, 0.15) is 0 Å². The van der Waals surface area contributed by atoms with E-state index >= 15 is 0 Å². The van der Waals surface area contributed by atoms with E-state index in [9.17, 15) is 4.79 Å². The van der Waals surface area contributed by atoms with Crippen molar-refractivity contribution in [3.8, 4) is 10.7 Å². The summed E-state index contributed by atoms with van der Waals surface area (Å²) in [5, 5.41) is 9.78. The van der Waals surface area contributed by atoms with Gasteiger partial charge in [-0.1, -0.05) is 0 Å². The second kappa shape index (κ2) is 5.48. The minimum absolute atomic E-state index is 0.0678. The van der Waals surface area contributed by atoms with Crippen LogP contribution in [0, 0.1) is 12.8 Å². The molecule has 0 aromatic carbocycles. The van der Waals surface area contributed by atoms with Crippen molar-refractivity contribution in [3.63, 3.8) is 0 Å². The highest BCUT2D eigenvalue weighted by atomic mass is 32.1. The maximum absolute atomic E-state index is 12.0. The summed E-state index contributed by atoms with van der Waals surface area (Å²) in [4.78, 5) is 17.6. The van der Waals surface area contributed by atoms with Gasteiger partial charge in [-0.3, -0.25) is 4.79 Å². The minimum Gasteiger partial charge on any atom is -0.466 e. The third-order valence-corrected chi connectivity index (χ3v) is 4.75. The lowest BCUT2D eigenvalue weighted by molar-refractivity contribution is -0.149. The maximum Gasteiger partial charge on any atom is 0.312 e. The minimum atomic E-state index is -0.239. The second-order valence-corrected chi connectivity index (χ2v) is 6.03.